The number of para-hydroxylation sites is 1. The first-order chi connectivity index (χ1) is 12.6. The van der Waals surface area contributed by atoms with Gasteiger partial charge in [0, 0.05) is 24.2 Å². The van der Waals surface area contributed by atoms with Crippen LogP contribution in [-0.4, -0.2) is 32.6 Å². The summed E-state index contributed by atoms with van der Waals surface area (Å²) in [6.45, 7) is 0.726. The molecular formula is C20H21NO5. The van der Waals surface area contributed by atoms with Crippen LogP contribution in [0, 0.1) is 5.92 Å². The molecule has 6 nitrogen and oxygen atoms in total. The highest BCUT2D eigenvalue weighted by molar-refractivity contribution is 5.99. The van der Waals surface area contributed by atoms with Gasteiger partial charge in [0.2, 0.25) is 5.91 Å². The minimum atomic E-state index is -0.408. The molecule has 1 amide bonds. The van der Waals surface area contributed by atoms with Gasteiger partial charge in [-0.2, -0.15) is 0 Å². The molecular weight excluding hydrogens is 334 g/mol. The van der Waals surface area contributed by atoms with Crippen molar-refractivity contribution in [2.75, 3.05) is 25.7 Å². The Labute approximate surface area is 152 Å². The fraction of sp³-hybridized carbons (Fsp3) is 0.300. The summed E-state index contributed by atoms with van der Waals surface area (Å²) in [7, 11) is 2.96. The average molecular weight is 355 g/mol. The number of benzene rings is 2. The van der Waals surface area contributed by atoms with Gasteiger partial charge in [-0.25, -0.2) is 0 Å². The molecule has 1 saturated heterocycles. The molecule has 0 aromatic heterocycles. The Hall–Kier alpha value is -3.02. The van der Waals surface area contributed by atoms with Crippen molar-refractivity contribution < 1.29 is 23.8 Å². The van der Waals surface area contributed by atoms with Crippen LogP contribution in [0.15, 0.2) is 48.5 Å². The largest absolute Gasteiger partial charge is 0.496 e. The number of nitrogens with zero attached hydrogens (tertiary/aromatic N) is 1. The van der Waals surface area contributed by atoms with Crippen molar-refractivity contribution >= 4 is 17.6 Å². The van der Waals surface area contributed by atoms with Crippen molar-refractivity contribution in [1.82, 2.24) is 0 Å². The van der Waals surface area contributed by atoms with E-state index in [-0.39, 0.29) is 18.3 Å². The lowest BCUT2D eigenvalue weighted by Gasteiger charge is -2.17. The number of carbonyl (C=O) groups is 2. The first-order valence-electron chi connectivity index (χ1n) is 8.35. The molecule has 0 aliphatic carbocycles. The molecule has 0 saturated carbocycles. The van der Waals surface area contributed by atoms with Gasteiger partial charge in [0.25, 0.3) is 0 Å². The summed E-state index contributed by atoms with van der Waals surface area (Å²) >= 11 is 0. The second kappa shape index (κ2) is 7.91. The second-order valence-electron chi connectivity index (χ2n) is 6.02. The average Bonchev–Trinajstić information content (AvgIpc) is 3.08. The van der Waals surface area contributed by atoms with Crippen LogP contribution >= 0.6 is 0 Å². The van der Waals surface area contributed by atoms with Crippen LogP contribution in [0.5, 0.6) is 11.5 Å². The highest BCUT2D eigenvalue weighted by Crippen LogP contribution is 2.28. The number of hydrogen-bond donors (Lipinski definition) is 0. The van der Waals surface area contributed by atoms with Crippen LogP contribution < -0.4 is 14.4 Å². The Kier molecular flexibility index (Phi) is 5.41. The molecule has 3 rings (SSSR count). The van der Waals surface area contributed by atoms with Gasteiger partial charge < -0.3 is 19.1 Å². The van der Waals surface area contributed by atoms with E-state index in [2.05, 4.69) is 0 Å². The van der Waals surface area contributed by atoms with E-state index in [1.807, 2.05) is 48.5 Å². The zero-order chi connectivity index (χ0) is 18.5. The monoisotopic (exact) mass is 355 g/mol. The number of hydrogen-bond acceptors (Lipinski definition) is 5. The standard InChI is InChI=1S/C20H21NO5/c1-24-18-6-4-3-5-14(18)13-26-17-9-7-16(8-10-17)21-12-15(11-19(21)22)20(23)25-2/h3-10,15H,11-13H2,1-2H3/t15-/m0/s1. The highest BCUT2D eigenvalue weighted by atomic mass is 16.5. The van der Waals surface area contributed by atoms with Crippen LogP contribution in [0.3, 0.4) is 0 Å². The number of ether oxygens (including phenoxy) is 3. The number of rotatable bonds is 6. The molecule has 136 valence electrons. The molecule has 1 aliphatic rings. The zero-order valence-corrected chi connectivity index (χ0v) is 14.8. The third kappa shape index (κ3) is 3.79. The predicted molar refractivity (Wildman–Crippen MR) is 96.2 cm³/mol. The lowest BCUT2D eigenvalue weighted by atomic mass is 10.1. The molecule has 0 spiro atoms. The van der Waals surface area contributed by atoms with E-state index in [1.165, 1.54) is 7.11 Å². The van der Waals surface area contributed by atoms with Crippen LogP contribution in [0.2, 0.25) is 0 Å². The Morgan fingerprint density at radius 3 is 2.54 bits per heavy atom. The Balaban J connectivity index is 1.64. The normalized spacial score (nSPS) is 16.5. The van der Waals surface area contributed by atoms with Crippen molar-refractivity contribution in [1.29, 1.82) is 0 Å². The Morgan fingerprint density at radius 1 is 1.12 bits per heavy atom. The molecule has 0 bridgehead atoms. The number of anilines is 1. The molecule has 0 N–H and O–H groups in total. The summed E-state index contributed by atoms with van der Waals surface area (Å²) in [5.74, 6) is 0.631. The fourth-order valence-electron chi connectivity index (χ4n) is 2.99. The molecule has 1 fully saturated rings. The molecule has 0 radical (unpaired) electrons. The minimum Gasteiger partial charge on any atom is -0.496 e. The summed E-state index contributed by atoms with van der Waals surface area (Å²) in [6.07, 6.45) is 0.179. The second-order valence-corrected chi connectivity index (χ2v) is 6.02. The Bertz CT molecular complexity index is 787. The topological polar surface area (TPSA) is 65.1 Å². The van der Waals surface area contributed by atoms with Crippen LogP contribution in [0.4, 0.5) is 5.69 Å². The van der Waals surface area contributed by atoms with Gasteiger partial charge in [-0.05, 0) is 30.3 Å². The molecule has 6 heteroatoms. The van der Waals surface area contributed by atoms with Crippen molar-refractivity contribution in [3.63, 3.8) is 0 Å². The summed E-state index contributed by atoms with van der Waals surface area (Å²) in [5, 5.41) is 0. The Morgan fingerprint density at radius 2 is 1.85 bits per heavy atom. The SMILES string of the molecule is COC(=O)[C@H]1CC(=O)N(c2ccc(OCc3ccccc3OC)cc2)C1. The van der Waals surface area contributed by atoms with Crippen molar-refractivity contribution in [2.45, 2.75) is 13.0 Å². The van der Waals surface area contributed by atoms with Crippen LogP contribution in [0.1, 0.15) is 12.0 Å². The smallest absolute Gasteiger partial charge is 0.311 e. The summed E-state index contributed by atoms with van der Waals surface area (Å²) in [5.41, 5.74) is 1.70. The predicted octanol–water partition coefficient (Wildman–Crippen LogP) is 2.80. The summed E-state index contributed by atoms with van der Waals surface area (Å²) in [6, 6.07) is 14.9. The lowest BCUT2D eigenvalue weighted by Crippen LogP contribution is -2.26. The lowest BCUT2D eigenvalue weighted by molar-refractivity contribution is -0.145. The molecule has 26 heavy (non-hydrogen) atoms. The van der Waals surface area contributed by atoms with Gasteiger partial charge in [0.15, 0.2) is 0 Å². The summed E-state index contributed by atoms with van der Waals surface area (Å²) in [4.78, 5) is 25.4. The van der Waals surface area contributed by atoms with Crippen molar-refractivity contribution in [2.24, 2.45) is 5.92 Å². The van der Waals surface area contributed by atoms with Gasteiger partial charge in [-0.3, -0.25) is 9.59 Å². The van der Waals surface area contributed by atoms with Crippen LogP contribution in [-0.2, 0) is 20.9 Å². The first kappa shape index (κ1) is 17.8. The third-order valence-corrected chi connectivity index (χ3v) is 4.39. The zero-order valence-electron chi connectivity index (χ0n) is 14.8. The molecule has 1 aliphatic heterocycles. The molecule has 0 unspecified atom stereocenters. The minimum absolute atomic E-state index is 0.0805. The number of amides is 1. The van der Waals surface area contributed by atoms with E-state index in [9.17, 15) is 9.59 Å². The fourth-order valence-corrected chi connectivity index (χ4v) is 2.99. The van der Waals surface area contributed by atoms with Gasteiger partial charge in [-0.15, -0.1) is 0 Å². The maximum Gasteiger partial charge on any atom is 0.311 e. The number of methoxy groups -OCH3 is 2. The molecule has 2 aromatic rings. The van der Waals surface area contributed by atoms with Gasteiger partial charge in [0.1, 0.15) is 18.1 Å². The van der Waals surface area contributed by atoms with Gasteiger partial charge in [-0.1, -0.05) is 18.2 Å². The molecule has 1 heterocycles. The van der Waals surface area contributed by atoms with Gasteiger partial charge >= 0.3 is 5.97 Å². The van der Waals surface area contributed by atoms with Crippen molar-refractivity contribution in [3.05, 3.63) is 54.1 Å². The van der Waals surface area contributed by atoms with Crippen molar-refractivity contribution in [3.8, 4) is 11.5 Å². The number of esters is 1. The third-order valence-electron chi connectivity index (χ3n) is 4.39. The highest BCUT2D eigenvalue weighted by Gasteiger charge is 2.35. The molecule has 1 atom stereocenters. The summed E-state index contributed by atoms with van der Waals surface area (Å²) < 4.78 is 15.8. The van der Waals surface area contributed by atoms with E-state index < -0.39 is 5.92 Å². The van der Waals surface area contributed by atoms with Crippen LogP contribution in [0.25, 0.3) is 0 Å². The van der Waals surface area contributed by atoms with E-state index in [1.54, 1.807) is 12.0 Å². The molecule has 2 aromatic carbocycles. The van der Waals surface area contributed by atoms with E-state index in [0.29, 0.717) is 18.9 Å². The van der Waals surface area contributed by atoms with E-state index >= 15 is 0 Å². The van der Waals surface area contributed by atoms with E-state index in [4.69, 9.17) is 14.2 Å². The van der Waals surface area contributed by atoms with Gasteiger partial charge in [0.05, 0.1) is 20.1 Å². The number of carbonyl (C=O) groups excluding carboxylic acids is 2. The maximum absolute atomic E-state index is 12.1. The first-order valence-corrected chi connectivity index (χ1v) is 8.35. The quantitative estimate of drug-likeness (QED) is 0.746. The maximum atomic E-state index is 12.1. The van der Waals surface area contributed by atoms with E-state index in [0.717, 1.165) is 17.0 Å².